The number of anilines is 1. The van der Waals surface area contributed by atoms with E-state index in [1.807, 2.05) is 38.1 Å². The minimum absolute atomic E-state index is 0.0388. The van der Waals surface area contributed by atoms with E-state index >= 15 is 0 Å². The summed E-state index contributed by atoms with van der Waals surface area (Å²) < 4.78 is 0. The molecule has 0 aliphatic rings. The Kier molecular flexibility index (Phi) is 3.86. The molecule has 82 valence electrons. The van der Waals surface area contributed by atoms with E-state index < -0.39 is 6.04 Å². The monoisotopic (exact) mass is 206 g/mol. The van der Waals surface area contributed by atoms with Gasteiger partial charge in [-0.15, -0.1) is 0 Å². The van der Waals surface area contributed by atoms with Crippen molar-refractivity contribution in [2.24, 2.45) is 5.73 Å². The molecule has 0 aromatic heterocycles. The molecule has 0 bridgehead atoms. The van der Waals surface area contributed by atoms with E-state index in [1.54, 1.807) is 11.9 Å². The summed E-state index contributed by atoms with van der Waals surface area (Å²) in [6.45, 7) is 3.91. The number of nitrogens with zero attached hydrogens (tertiary/aromatic N) is 1. The summed E-state index contributed by atoms with van der Waals surface area (Å²) >= 11 is 0. The topological polar surface area (TPSA) is 46.3 Å². The van der Waals surface area contributed by atoms with Gasteiger partial charge in [-0.1, -0.05) is 19.1 Å². The predicted molar refractivity (Wildman–Crippen MR) is 62.9 cm³/mol. The van der Waals surface area contributed by atoms with Crippen LogP contribution in [0.25, 0.3) is 0 Å². The van der Waals surface area contributed by atoms with Crippen molar-refractivity contribution in [3.63, 3.8) is 0 Å². The van der Waals surface area contributed by atoms with Gasteiger partial charge in [0.2, 0.25) is 5.91 Å². The molecule has 0 saturated heterocycles. The highest BCUT2D eigenvalue weighted by molar-refractivity contribution is 5.96. The van der Waals surface area contributed by atoms with E-state index in [4.69, 9.17) is 5.73 Å². The van der Waals surface area contributed by atoms with E-state index in [-0.39, 0.29) is 5.91 Å². The molecular weight excluding hydrogens is 188 g/mol. The van der Waals surface area contributed by atoms with Crippen LogP contribution in [-0.4, -0.2) is 19.0 Å². The van der Waals surface area contributed by atoms with Crippen molar-refractivity contribution in [2.45, 2.75) is 26.3 Å². The molecule has 0 heterocycles. The van der Waals surface area contributed by atoms with Crippen LogP contribution in [0.4, 0.5) is 5.69 Å². The lowest BCUT2D eigenvalue weighted by molar-refractivity contribution is -0.119. The van der Waals surface area contributed by atoms with Crippen molar-refractivity contribution in [3.05, 3.63) is 29.8 Å². The lowest BCUT2D eigenvalue weighted by Gasteiger charge is -2.20. The molecule has 1 aromatic carbocycles. The van der Waals surface area contributed by atoms with Crippen molar-refractivity contribution in [3.8, 4) is 0 Å². The molecule has 0 saturated carbocycles. The number of amides is 1. The first-order valence-corrected chi connectivity index (χ1v) is 5.16. The highest BCUT2D eigenvalue weighted by atomic mass is 16.2. The van der Waals surface area contributed by atoms with Crippen molar-refractivity contribution >= 4 is 11.6 Å². The largest absolute Gasteiger partial charge is 0.320 e. The average molecular weight is 206 g/mol. The SMILES string of the molecule is CCC(N)C(=O)N(C)c1cccc(C)c1. The molecule has 1 aromatic rings. The second-order valence-electron chi connectivity index (χ2n) is 3.75. The molecule has 1 atom stereocenters. The van der Waals surface area contributed by atoms with Crippen LogP contribution in [0.3, 0.4) is 0 Å². The van der Waals surface area contributed by atoms with Crippen molar-refractivity contribution in [1.82, 2.24) is 0 Å². The molecule has 0 spiro atoms. The lowest BCUT2D eigenvalue weighted by atomic mass is 10.1. The Labute approximate surface area is 90.9 Å². The van der Waals surface area contributed by atoms with E-state index in [1.165, 1.54) is 0 Å². The molecule has 3 heteroatoms. The molecule has 1 unspecified atom stereocenters. The van der Waals surface area contributed by atoms with E-state index in [2.05, 4.69) is 0 Å². The van der Waals surface area contributed by atoms with Gasteiger partial charge in [-0.25, -0.2) is 0 Å². The Morgan fingerprint density at radius 1 is 1.53 bits per heavy atom. The number of benzene rings is 1. The van der Waals surface area contributed by atoms with Crippen LogP contribution in [0, 0.1) is 6.92 Å². The first-order chi connectivity index (χ1) is 7.06. The van der Waals surface area contributed by atoms with Crippen LogP contribution in [0.2, 0.25) is 0 Å². The smallest absolute Gasteiger partial charge is 0.243 e. The number of aryl methyl sites for hydroxylation is 1. The Hall–Kier alpha value is -1.35. The fraction of sp³-hybridized carbons (Fsp3) is 0.417. The highest BCUT2D eigenvalue weighted by Crippen LogP contribution is 2.15. The summed E-state index contributed by atoms with van der Waals surface area (Å²) in [5.41, 5.74) is 7.73. The van der Waals surface area contributed by atoms with Gasteiger partial charge in [-0.2, -0.15) is 0 Å². The Bertz CT molecular complexity index is 349. The summed E-state index contributed by atoms with van der Waals surface area (Å²) in [5.74, 6) is -0.0388. The molecule has 15 heavy (non-hydrogen) atoms. The van der Waals surface area contributed by atoms with Gasteiger partial charge in [0.05, 0.1) is 6.04 Å². The van der Waals surface area contributed by atoms with Gasteiger partial charge >= 0.3 is 0 Å². The van der Waals surface area contributed by atoms with Gasteiger partial charge in [0.25, 0.3) is 0 Å². The van der Waals surface area contributed by atoms with E-state index in [9.17, 15) is 4.79 Å². The summed E-state index contributed by atoms with van der Waals surface area (Å²) in [7, 11) is 1.76. The fourth-order valence-electron chi connectivity index (χ4n) is 1.39. The summed E-state index contributed by atoms with van der Waals surface area (Å²) in [4.78, 5) is 13.4. The maximum absolute atomic E-state index is 11.8. The summed E-state index contributed by atoms with van der Waals surface area (Å²) in [6, 6.07) is 7.41. The highest BCUT2D eigenvalue weighted by Gasteiger charge is 2.17. The van der Waals surface area contributed by atoms with Crippen molar-refractivity contribution in [2.75, 3.05) is 11.9 Å². The fourth-order valence-corrected chi connectivity index (χ4v) is 1.39. The number of hydrogen-bond acceptors (Lipinski definition) is 2. The molecule has 1 rings (SSSR count). The van der Waals surface area contributed by atoms with Crippen LogP contribution >= 0.6 is 0 Å². The molecule has 0 aliphatic heterocycles. The second kappa shape index (κ2) is 4.94. The molecule has 3 nitrogen and oxygen atoms in total. The van der Waals surface area contributed by atoms with Gasteiger partial charge in [-0.05, 0) is 31.0 Å². The van der Waals surface area contributed by atoms with Crippen LogP contribution in [-0.2, 0) is 4.79 Å². The number of rotatable bonds is 3. The number of nitrogens with two attached hydrogens (primary N) is 1. The Morgan fingerprint density at radius 2 is 2.20 bits per heavy atom. The first kappa shape index (κ1) is 11.7. The summed E-state index contributed by atoms with van der Waals surface area (Å²) in [5, 5.41) is 0. The minimum atomic E-state index is -0.407. The van der Waals surface area contributed by atoms with Gasteiger partial charge in [0, 0.05) is 12.7 Å². The van der Waals surface area contributed by atoms with Gasteiger partial charge in [0.1, 0.15) is 0 Å². The zero-order valence-corrected chi connectivity index (χ0v) is 9.53. The van der Waals surface area contributed by atoms with E-state index in [0.717, 1.165) is 11.3 Å². The van der Waals surface area contributed by atoms with Crippen LogP contribution in [0.1, 0.15) is 18.9 Å². The Balaban J connectivity index is 2.85. The van der Waals surface area contributed by atoms with Crippen molar-refractivity contribution < 1.29 is 4.79 Å². The summed E-state index contributed by atoms with van der Waals surface area (Å²) in [6.07, 6.45) is 0.662. The van der Waals surface area contributed by atoms with E-state index in [0.29, 0.717) is 6.42 Å². The number of likely N-dealkylation sites (N-methyl/N-ethyl adjacent to an activating group) is 1. The third-order valence-corrected chi connectivity index (χ3v) is 2.48. The second-order valence-corrected chi connectivity index (χ2v) is 3.75. The standard InChI is InChI=1S/C12H18N2O/c1-4-11(13)12(15)14(3)10-7-5-6-9(2)8-10/h5-8,11H,4,13H2,1-3H3. The molecule has 0 fully saturated rings. The lowest BCUT2D eigenvalue weighted by Crippen LogP contribution is -2.41. The van der Waals surface area contributed by atoms with Crippen LogP contribution in [0.5, 0.6) is 0 Å². The third kappa shape index (κ3) is 2.80. The van der Waals surface area contributed by atoms with Gasteiger partial charge in [-0.3, -0.25) is 4.79 Å². The van der Waals surface area contributed by atoms with Crippen LogP contribution in [0.15, 0.2) is 24.3 Å². The van der Waals surface area contributed by atoms with Crippen molar-refractivity contribution in [1.29, 1.82) is 0 Å². The first-order valence-electron chi connectivity index (χ1n) is 5.16. The average Bonchev–Trinajstić information content (AvgIpc) is 2.26. The maximum Gasteiger partial charge on any atom is 0.243 e. The minimum Gasteiger partial charge on any atom is -0.320 e. The third-order valence-electron chi connectivity index (χ3n) is 2.48. The van der Waals surface area contributed by atoms with Gasteiger partial charge in [0.15, 0.2) is 0 Å². The molecule has 0 radical (unpaired) electrons. The molecular formula is C12H18N2O. The predicted octanol–water partition coefficient (Wildman–Crippen LogP) is 1.70. The quantitative estimate of drug-likeness (QED) is 0.818. The zero-order valence-electron chi connectivity index (χ0n) is 9.53. The normalized spacial score (nSPS) is 12.3. The number of carbonyl (C=O) groups excluding carboxylic acids is 1. The molecule has 1 amide bonds. The Morgan fingerprint density at radius 3 is 2.73 bits per heavy atom. The maximum atomic E-state index is 11.8. The van der Waals surface area contributed by atoms with Gasteiger partial charge < -0.3 is 10.6 Å². The number of carbonyl (C=O) groups is 1. The molecule has 0 aliphatic carbocycles. The van der Waals surface area contributed by atoms with Crippen LogP contribution < -0.4 is 10.6 Å². The molecule has 2 N–H and O–H groups in total. The number of hydrogen-bond donors (Lipinski definition) is 1. The zero-order chi connectivity index (χ0) is 11.4.